The van der Waals surface area contributed by atoms with Crippen LogP contribution in [-0.4, -0.2) is 75.2 Å². The van der Waals surface area contributed by atoms with Gasteiger partial charge in [-0.2, -0.15) is 0 Å². The smallest absolute Gasteiger partial charge is 0.191 e. The second-order valence-corrected chi connectivity index (χ2v) is 8.17. The summed E-state index contributed by atoms with van der Waals surface area (Å²) in [5.74, 6) is 1.94. The van der Waals surface area contributed by atoms with E-state index in [1.54, 1.807) is 0 Å². The van der Waals surface area contributed by atoms with E-state index < -0.39 is 0 Å². The fourth-order valence-electron chi connectivity index (χ4n) is 3.95. The summed E-state index contributed by atoms with van der Waals surface area (Å²) >= 11 is 0. The van der Waals surface area contributed by atoms with E-state index >= 15 is 0 Å². The zero-order chi connectivity index (χ0) is 22.6. The van der Waals surface area contributed by atoms with E-state index in [1.165, 1.54) is 11.3 Å². The van der Waals surface area contributed by atoms with Crippen molar-refractivity contribution >= 4 is 17.5 Å². The van der Waals surface area contributed by atoms with E-state index in [0.29, 0.717) is 6.54 Å². The predicted molar refractivity (Wildman–Crippen MR) is 136 cm³/mol. The number of nitrogens with one attached hydrogen (secondary N) is 2. The van der Waals surface area contributed by atoms with Gasteiger partial charge in [-0.05, 0) is 45.5 Å². The lowest BCUT2D eigenvalue weighted by atomic mass is 10.2. The molecule has 174 valence electrons. The topological polar surface area (TPSA) is 59.0 Å². The predicted octanol–water partition coefficient (Wildman–Crippen LogP) is 2.81. The van der Waals surface area contributed by atoms with Crippen molar-refractivity contribution < 1.29 is 0 Å². The zero-order valence-electron chi connectivity index (χ0n) is 19.9. The third-order valence-corrected chi connectivity index (χ3v) is 5.82. The van der Waals surface area contributed by atoms with Gasteiger partial charge in [0.05, 0.1) is 6.54 Å². The molecule has 0 amide bonds. The first-order chi connectivity index (χ1) is 15.7. The summed E-state index contributed by atoms with van der Waals surface area (Å²) in [6.07, 6.45) is 2.93. The zero-order valence-corrected chi connectivity index (χ0v) is 19.9. The minimum Gasteiger partial charge on any atom is -0.372 e. The molecule has 1 fully saturated rings. The summed E-state index contributed by atoms with van der Waals surface area (Å²) in [4.78, 5) is 16.7. The van der Waals surface area contributed by atoms with Crippen molar-refractivity contribution in [3.63, 3.8) is 0 Å². The minimum absolute atomic E-state index is 0.621. The monoisotopic (exact) mass is 437 g/mol. The molecule has 2 heterocycles. The number of piperazine rings is 1. The summed E-state index contributed by atoms with van der Waals surface area (Å²) in [7, 11) is 2.18. The van der Waals surface area contributed by atoms with Gasteiger partial charge < -0.3 is 25.3 Å². The maximum atomic E-state index is 4.85. The summed E-state index contributed by atoms with van der Waals surface area (Å²) in [6.45, 7) is 12.8. The van der Waals surface area contributed by atoms with Crippen molar-refractivity contribution in [2.45, 2.75) is 26.8 Å². The highest BCUT2D eigenvalue weighted by atomic mass is 15.3. The average molecular weight is 438 g/mol. The molecule has 1 saturated heterocycles. The molecular weight excluding hydrogens is 398 g/mol. The number of hydrogen-bond acceptors (Lipinski definition) is 5. The first kappa shape index (κ1) is 23.9. The van der Waals surface area contributed by atoms with Crippen molar-refractivity contribution in [2.75, 3.05) is 69.2 Å². The number of aliphatic imine (C=N–C) groups is 1. The van der Waals surface area contributed by atoms with Gasteiger partial charge in [-0.15, -0.1) is 0 Å². The molecule has 3 rings (SSSR count). The number of guanidine groups is 1. The fourth-order valence-corrected chi connectivity index (χ4v) is 3.95. The Bertz CT molecular complexity index is 816. The van der Waals surface area contributed by atoms with Gasteiger partial charge >= 0.3 is 0 Å². The van der Waals surface area contributed by atoms with Crippen LogP contribution in [0.4, 0.5) is 11.5 Å². The van der Waals surface area contributed by atoms with E-state index in [9.17, 15) is 0 Å². The van der Waals surface area contributed by atoms with Gasteiger partial charge in [-0.1, -0.05) is 24.3 Å². The number of nitrogens with zero attached hydrogens (tertiary/aromatic N) is 5. The molecule has 0 aliphatic carbocycles. The standard InChI is InChI=1S/C25H39N7/c1-4-26-25(28-15-10-16-31(5-2)23-12-7-6-8-13-23)29-21-22-11-9-14-27-24(22)32-19-17-30(3)18-20-32/h6-9,11-14H,4-5,10,15-21H2,1-3H3,(H2,26,28,29). The number of hydrogen-bond donors (Lipinski definition) is 2. The SMILES string of the molecule is CCNC(=NCc1cccnc1N1CCN(C)CC1)NCCCN(CC)c1ccccc1. The second-order valence-electron chi connectivity index (χ2n) is 8.17. The number of aromatic nitrogens is 1. The van der Waals surface area contributed by atoms with E-state index in [1.807, 2.05) is 12.3 Å². The molecule has 1 aromatic carbocycles. The number of pyridine rings is 1. The molecule has 0 saturated carbocycles. The molecule has 0 bridgehead atoms. The quantitative estimate of drug-likeness (QED) is 0.339. The van der Waals surface area contributed by atoms with Gasteiger partial charge in [-0.25, -0.2) is 9.98 Å². The Balaban J connectivity index is 1.54. The Morgan fingerprint density at radius 1 is 1.03 bits per heavy atom. The molecule has 1 aromatic heterocycles. The minimum atomic E-state index is 0.621. The number of likely N-dealkylation sites (N-methyl/N-ethyl adjacent to an activating group) is 1. The van der Waals surface area contributed by atoms with Gasteiger partial charge in [0.25, 0.3) is 0 Å². The van der Waals surface area contributed by atoms with Crippen LogP contribution in [0.1, 0.15) is 25.8 Å². The van der Waals surface area contributed by atoms with Crippen LogP contribution < -0.4 is 20.4 Å². The summed E-state index contributed by atoms with van der Waals surface area (Å²) < 4.78 is 0. The molecule has 2 aromatic rings. The van der Waals surface area contributed by atoms with E-state index in [0.717, 1.165) is 70.6 Å². The summed E-state index contributed by atoms with van der Waals surface area (Å²) in [6, 6.07) is 14.8. The van der Waals surface area contributed by atoms with Gasteiger partial charge in [0.1, 0.15) is 5.82 Å². The molecule has 7 heteroatoms. The largest absolute Gasteiger partial charge is 0.372 e. The lowest BCUT2D eigenvalue weighted by Crippen LogP contribution is -2.45. The first-order valence-corrected chi connectivity index (χ1v) is 11.9. The molecule has 1 aliphatic heterocycles. The van der Waals surface area contributed by atoms with Crippen molar-refractivity contribution in [3.05, 3.63) is 54.2 Å². The van der Waals surface area contributed by atoms with Crippen molar-refractivity contribution in [1.82, 2.24) is 20.5 Å². The highest BCUT2D eigenvalue weighted by Gasteiger charge is 2.17. The molecule has 0 radical (unpaired) electrons. The average Bonchev–Trinajstić information content (AvgIpc) is 2.84. The Morgan fingerprint density at radius 3 is 2.53 bits per heavy atom. The highest BCUT2D eigenvalue weighted by Crippen LogP contribution is 2.19. The number of para-hydroxylation sites is 1. The Morgan fingerprint density at radius 2 is 1.81 bits per heavy atom. The molecule has 0 unspecified atom stereocenters. The summed E-state index contributed by atoms with van der Waals surface area (Å²) in [5, 5.41) is 6.87. The van der Waals surface area contributed by atoms with Crippen LogP contribution >= 0.6 is 0 Å². The molecule has 32 heavy (non-hydrogen) atoms. The van der Waals surface area contributed by atoms with Crippen molar-refractivity contribution in [3.8, 4) is 0 Å². The number of anilines is 2. The van der Waals surface area contributed by atoms with Gasteiger partial charge in [0.2, 0.25) is 0 Å². The Kier molecular flexibility index (Phi) is 9.62. The maximum absolute atomic E-state index is 4.85. The van der Waals surface area contributed by atoms with Crippen LogP contribution in [0.5, 0.6) is 0 Å². The number of rotatable bonds is 10. The first-order valence-electron chi connectivity index (χ1n) is 11.9. The normalized spacial score (nSPS) is 15.0. The summed E-state index contributed by atoms with van der Waals surface area (Å²) in [5.41, 5.74) is 2.46. The molecule has 1 aliphatic rings. The van der Waals surface area contributed by atoms with Crippen LogP contribution in [0.3, 0.4) is 0 Å². The van der Waals surface area contributed by atoms with Gasteiger partial charge in [-0.3, -0.25) is 0 Å². The van der Waals surface area contributed by atoms with Crippen LogP contribution in [0.2, 0.25) is 0 Å². The van der Waals surface area contributed by atoms with Gasteiger partial charge in [0, 0.05) is 69.8 Å². The Labute approximate surface area is 193 Å². The van der Waals surface area contributed by atoms with Crippen molar-refractivity contribution in [2.24, 2.45) is 4.99 Å². The Hall–Kier alpha value is -2.80. The third-order valence-electron chi connectivity index (χ3n) is 5.82. The molecule has 2 N–H and O–H groups in total. The van der Waals surface area contributed by atoms with E-state index in [4.69, 9.17) is 4.99 Å². The van der Waals surface area contributed by atoms with E-state index in [-0.39, 0.29) is 0 Å². The molecule has 0 atom stereocenters. The van der Waals surface area contributed by atoms with Gasteiger partial charge in [0.15, 0.2) is 5.96 Å². The highest BCUT2D eigenvalue weighted by molar-refractivity contribution is 5.79. The maximum Gasteiger partial charge on any atom is 0.191 e. The van der Waals surface area contributed by atoms with Crippen molar-refractivity contribution in [1.29, 1.82) is 0 Å². The molecule has 7 nitrogen and oxygen atoms in total. The third kappa shape index (κ3) is 7.12. The lowest BCUT2D eigenvalue weighted by molar-refractivity contribution is 0.312. The molecule has 0 spiro atoms. The second kappa shape index (κ2) is 12.9. The lowest BCUT2D eigenvalue weighted by Gasteiger charge is -2.34. The number of benzene rings is 1. The fraction of sp³-hybridized carbons (Fsp3) is 0.520. The van der Waals surface area contributed by atoms with Crippen LogP contribution in [-0.2, 0) is 6.54 Å². The molecular formula is C25H39N7. The van der Waals surface area contributed by atoms with Crippen LogP contribution in [0.25, 0.3) is 0 Å². The van der Waals surface area contributed by atoms with Crippen LogP contribution in [0.15, 0.2) is 53.7 Å². The van der Waals surface area contributed by atoms with Crippen LogP contribution in [0, 0.1) is 0 Å². The van der Waals surface area contributed by atoms with E-state index in [2.05, 4.69) is 87.6 Å².